The van der Waals surface area contributed by atoms with E-state index in [0.29, 0.717) is 6.04 Å². The van der Waals surface area contributed by atoms with Crippen LogP contribution in [0.25, 0.3) is 0 Å². The van der Waals surface area contributed by atoms with E-state index in [1.165, 1.54) is 31.2 Å². The van der Waals surface area contributed by atoms with Gasteiger partial charge in [0.25, 0.3) is 0 Å². The van der Waals surface area contributed by atoms with Gasteiger partial charge in [-0.05, 0) is 18.9 Å². The second-order valence-corrected chi connectivity index (χ2v) is 6.76. The minimum atomic E-state index is 0.109. The average molecular weight is 332 g/mol. The molecule has 1 atom stereocenters. The zero-order valence-corrected chi connectivity index (χ0v) is 15.3. The van der Waals surface area contributed by atoms with Crippen LogP contribution < -0.4 is 5.32 Å². The van der Waals surface area contributed by atoms with Crippen LogP contribution in [0.1, 0.15) is 57.6 Å². The van der Waals surface area contributed by atoms with Gasteiger partial charge in [-0.2, -0.15) is 0 Å². The molecule has 1 saturated heterocycles. The number of piperazine rings is 1. The van der Waals surface area contributed by atoms with Gasteiger partial charge in [0, 0.05) is 38.8 Å². The van der Waals surface area contributed by atoms with E-state index in [9.17, 15) is 4.79 Å². The van der Waals surface area contributed by atoms with Gasteiger partial charge in [-0.1, -0.05) is 62.9 Å². The van der Waals surface area contributed by atoms with Crippen molar-refractivity contribution in [1.82, 2.24) is 15.1 Å². The molecule has 0 spiro atoms. The van der Waals surface area contributed by atoms with Gasteiger partial charge in [0.2, 0.25) is 0 Å². The molecule has 0 saturated carbocycles. The van der Waals surface area contributed by atoms with E-state index in [0.717, 1.165) is 39.1 Å². The molecule has 2 rings (SSSR count). The monoisotopic (exact) mass is 331 g/mol. The first-order valence-corrected chi connectivity index (χ1v) is 9.54. The summed E-state index contributed by atoms with van der Waals surface area (Å²) >= 11 is 0. The lowest BCUT2D eigenvalue weighted by molar-refractivity contribution is 0.114. The van der Waals surface area contributed by atoms with E-state index in [-0.39, 0.29) is 6.03 Å². The summed E-state index contributed by atoms with van der Waals surface area (Å²) in [7, 11) is 0. The van der Waals surface area contributed by atoms with Gasteiger partial charge in [0.05, 0.1) is 0 Å². The van der Waals surface area contributed by atoms with Crippen molar-refractivity contribution in [2.45, 2.75) is 52.0 Å². The molecule has 1 N–H and O–H groups in total. The largest absolute Gasteiger partial charge is 0.338 e. The summed E-state index contributed by atoms with van der Waals surface area (Å²) in [6.45, 7) is 8.81. The Kier molecular flexibility index (Phi) is 8.10. The Hall–Kier alpha value is -1.55. The van der Waals surface area contributed by atoms with Crippen molar-refractivity contribution >= 4 is 6.03 Å². The van der Waals surface area contributed by atoms with Crippen LogP contribution in [0.3, 0.4) is 0 Å². The van der Waals surface area contributed by atoms with Gasteiger partial charge < -0.3 is 10.2 Å². The number of benzene rings is 1. The summed E-state index contributed by atoms with van der Waals surface area (Å²) in [6.07, 6.45) is 6.16. The highest BCUT2D eigenvalue weighted by Gasteiger charge is 2.24. The molecule has 1 aromatic rings. The number of urea groups is 1. The van der Waals surface area contributed by atoms with E-state index in [2.05, 4.69) is 54.4 Å². The van der Waals surface area contributed by atoms with Gasteiger partial charge in [-0.3, -0.25) is 4.90 Å². The number of nitrogens with one attached hydrogen (secondary N) is 1. The first kappa shape index (κ1) is 18.8. The molecule has 4 heteroatoms. The lowest BCUT2D eigenvalue weighted by atomic mass is 10.1. The zero-order chi connectivity index (χ0) is 17.2. The molecule has 24 heavy (non-hydrogen) atoms. The van der Waals surface area contributed by atoms with Crippen LogP contribution in [0.5, 0.6) is 0 Å². The molecule has 134 valence electrons. The van der Waals surface area contributed by atoms with E-state index in [4.69, 9.17) is 0 Å². The molecule has 2 amide bonds. The zero-order valence-electron chi connectivity index (χ0n) is 15.3. The number of carbonyl (C=O) groups is 1. The second-order valence-electron chi connectivity index (χ2n) is 6.76. The molecule has 4 nitrogen and oxygen atoms in total. The highest BCUT2D eigenvalue weighted by Crippen LogP contribution is 2.21. The number of rotatable bonds is 8. The fourth-order valence-electron chi connectivity index (χ4n) is 3.29. The maximum absolute atomic E-state index is 12.2. The third-order valence-corrected chi connectivity index (χ3v) is 4.99. The molecule has 0 radical (unpaired) electrons. The van der Waals surface area contributed by atoms with Gasteiger partial charge in [-0.25, -0.2) is 4.79 Å². The van der Waals surface area contributed by atoms with Crippen LogP contribution in [0, 0.1) is 0 Å². The number of carbonyl (C=O) groups excluding carboxylic acids is 1. The standard InChI is InChI=1S/C20H33N3O/c1-3-4-5-6-10-13-21-20(24)23-16-14-22(15-17-23)18(2)19-11-8-7-9-12-19/h7-9,11-12,18H,3-6,10,13-17H2,1-2H3,(H,21,24). The fraction of sp³-hybridized carbons (Fsp3) is 0.650. The molecule has 1 unspecified atom stereocenters. The van der Waals surface area contributed by atoms with E-state index >= 15 is 0 Å². The van der Waals surface area contributed by atoms with Crippen molar-refractivity contribution in [1.29, 1.82) is 0 Å². The van der Waals surface area contributed by atoms with Crippen molar-refractivity contribution < 1.29 is 4.79 Å². The summed E-state index contributed by atoms with van der Waals surface area (Å²) in [5, 5.41) is 3.07. The summed E-state index contributed by atoms with van der Waals surface area (Å²) in [4.78, 5) is 16.7. The number of nitrogens with zero attached hydrogens (tertiary/aromatic N) is 2. The van der Waals surface area contributed by atoms with Crippen LogP contribution in [0.15, 0.2) is 30.3 Å². The van der Waals surface area contributed by atoms with Crippen molar-refractivity contribution in [3.63, 3.8) is 0 Å². The fourth-order valence-corrected chi connectivity index (χ4v) is 3.29. The third kappa shape index (κ3) is 5.82. The van der Waals surface area contributed by atoms with Crippen LogP contribution in [0.2, 0.25) is 0 Å². The van der Waals surface area contributed by atoms with Crippen LogP contribution >= 0.6 is 0 Å². The Morgan fingerprint density at radius 1 is 1.04 bits per heavy atom. The van der Waals surface area contributed by atoms with Crippen molar-refractivity contribution in [2.24, 2.45) is 0 Å². The van der Waals surface area contributed by atoms with Crippen molar-refractivity contribution in [3.05, 3.63) is 35.9 Å². The van der Waals surface area contributed by atoms with Crippen LogP contribution in [-0.4, -0.2) is 48.6 Å². The normalized spacial score (nSPS) is 16.8. The Balaban J connectivity index is 1.66. The number of hydrogen-bond acceptors (Lipinski definition) is 2. The molecule has 1 fully saturated rings. The summed E-state index contributed by atoms with van der Waals surface area (Å²) in [5.41, 5.74) is 1.35. The molecular formula is C20H33N3O. The summed E-state index contributed by atoms with van der Waals surface area (Å²) < 4.78 is 0. The van der Waals surface area contributed by atoms with E-state index in [1.54, 1.807) is 0 Å². The highest BCUT2D eigenvalue weighted by atomic mass is 16.2. The summed E-state index contributed by atoms with van der Waals surface area (Å²) in [5.74, 6) is 0. The molecule has 1 heterocycles. The lowest BCUT2D eigenvalue weighted by Crippen LogP contribution is -2.52. The second kappa shape index (κ2) is 10.3. The number of unbranched alkanes of at least 4 members (excludes halogenated alkanes) is 4. The first-order valence-electron chi connectivity index (χ1n) is 9.54. The average Bonchev–Trinajstić information content (AvgIpc) is 2.64. The number of amides is 2. The molecule has 0 bridgehead atoms. The van der Waals surface area contributed by atoms with Gasteiger partial charge in [-0.15, -0.1) is 0 Å². The van der Waals surface area contributed by atoms with Crippen LogP contribution in [-0.2, 0) is 0 Å². The topological polar surface area (TPSA) is 35.6 Å². The Morgan fingerprint density at radius 2 is 1.71 bits per heavy atom. The van der Waals surface area contributed by atoms with Crippen LogP contribution in [0.4, 0.5) is 4.79 Å². The molecule has 1 aliphatic heterocycles. The smallest absolute Gasteiger partial charge is 0.317 e. The van der Waals surface area contributed by atoms with Gasteiger partial charge in [0.1, 0.15) is 0 Å². The molecular weight excluding hydrogens is 298 g/mol. The Bertz CT molecular complexity index is 469. The van der Waals surface area contributed by atoms with Gasteiger partial charge in [0.15, 0.2) is 0 Å². The van der Waals surface area contributed by atoms with E-state index < -0.39 is 0 Å². The first-order chi connectivity index (χ1) is 11.7. The lowest BCUT2D eigenvalue weighted by Gasteiger charge is -2.38. The Labute approximate surface area is 147 Å². The highest BCUT2D eigenvalue weighted by molar-refractivity contribution is 5.74. The van der Waals surface area contributed by atoms with Crippen molar-refractivity contribution in [2.75, 3.05) is 32.7 Å². The molecule has 0 aromatic heterocycles. The molecule has 0 aliphatic carbocycles. The predicted molar refractivity (Wildman–Crippen MR) is 100 cm³/mol. The SMILES string of the molecule is CCCCCCCNC(=O)N1CCN(C(C)c2ccccc2)CC1. The maximum Gasteiger partial charge on any atom is 0.317 e. The quantitative estimate of drug-likeness (QED) is 0.730. The minimum absolute atomic E-state index is 0.109. The summed E-state index contributed by atoms with van der Waals surface area (Å²) in [6, 6.07) is 11.1. The number of hydrogen-bond donors (Lipinski definition) is 1. The third-order valence-electron chi connectivity index (χ3n) is 4.99. The van der Waals surface area contributed by atoms with Crippen molar-refractivity contribution in [3.8, 4) is 0 Å². The maximum atomic E-state index is 12.2. The molecule has 1 aromatic carbocycles. The minimum Gasteiger partial charge on any atom is -0.338 e. The van der Waals surface area contributed by atoms with Gasteiger partial charge >= 0.3 is 6.03 Å². The van der Waals surface area contributed by atoms with E-state index in [1.807, 2.05) is 4.90 Å². The molecule has 1 aliphatic rings. The Morgan fingerprint density at radius 3 is 2.38 bits per heavy atom. The predicted octanol–water partition coefficient (Wildman–Crippen LogP) is 4.05.